The first-order valence-electron chi connectivity index (χ1n) is 7.41. The number of hydrogen-bond acceptors (Lipinski definition) is 2. The highest BCUT2D eigenvalue weighted by molar-refractivity contribution is 9.10. The molecule has 106 valence electrons. The van der Waals surface area contributed by atoms with Crippen molar-refractivity contribution in [3.05, 3.63) is 28.2 Å². The van der Waals surface area contributed by atoms with Gasteiger partial charge in [0.2, 0.25) is 0 Å². The van der Waals surface area contributed by atoms with Crippen LogP contribution in [0.2, 0.25) is 0 Å². The maximum absolute atomic E-state index is 5.93. The highest BCUT2D eigenvalue weighted by Gasteiger charge is 2.20. The van der Waals surface area contributed by atoms with E-state index in [1.54, 1.807) is 0 Å². The summed E-state index contributed by atoms with van der Waals surface area (Å²) in [6.45, 7) is 6.68. The van der Waals surface area contributed by atoms with E-state index >= 15 is 0 Å². The molecule has 3 heteroatoms. The third kappa shape index (κ3) is 3.73. The number of hydrogen-bond donors (Lipinski definition) is 1. The molecular weight excluding hydrogens is 300 g/mol. The molecule has 1 fully saturated rings. The molecular formula is C16H25BrN2. The Kier molecular flexibility index (Phi) is 5.28. The van der Waals surface area contributed by atoms with Gasteiger partial charge in [-0.2, -0.15) is 0 Å². The van der Waals surface area contributed by atoms with E-state index in [-0.39, 0.29) is 6.04 Å². The molecule has 1 aliphatic heterocycles. The van der Waals surface area contributed by atoms with E-state index in [0.717, 1.165) is 5.92 Å². The van der Waals surface area contributed by atoms with Crippen LogP contribution in [0, 0.1) is 5.92 Å². The summed E-state index contributed by atoms with van der Waals surface area (Å²) >= 11 is 3.70. The van der Waals surface area contributed by atoms with Crippen LogP contribution in [-0.2, 0) is 0 Å². The number of nitrogens with two attached hydrogens (primary N) is 1. The summed E-state index contributed by atoms with van der Waals surface area (Å²) in [4.78, 5) is 2.50. The van der Waals surface area contributed by atoms with Crippen molar-refractivity contribution in [2.24, 2.45) is 11.7 Å². The van der Waals surface area contributed by atoms with Gasteiger partial charge in [0.05, 0.1) is 5.69 Å². The van der Waals surface area contributed by atoms with Gasteiger partial charge in [0.25, 0.3) is 0 Å². The second-order valence-corrected chi connectivity index (χ2v) is 6.57. The van der Waals surface area contributed by atoms with Crippen LogP contribution in [0.1, 0.15) is 51.1 Å². The lowest BCUT2D eigenvalue weighted by Crippen LogP contribution is -2.33. The second kappa shape index (κ2) is 6.76. The predicted molar refractivity (Wildman–Crippen MR) is 86.6 cm³/mol. The molecule has 1 saturated heterocycles. The molecule has 2 rings (SSSR count). The smallest absolute Gasteiger partial charge is 0.0510 e. The number of piperidine rings is 1. The average molecular weight is 325 g/mol. The van der Waals surface area contributed by atoms with Crippen LogP contribution in [0.3, 0.4) is 0 Å². The Hall–Kier alpha value is -0.540. The molecule has 0 aliphatic carbocycles. The molecule has 1 heterocycles. The van der Waals surface area contributed by atoms with Gasteiger partial charge in [-0.3, -0.25) is 0 Å². The molecule has 1 aromatic carbocycles. The monoisotopic (exact) mass is 324 g/mol. The number of rotatable bonds is 4. The SMILES string of the molecule is CCCC1CCN(c2ccc([C@H](C)N)cc2Br)CC1. The van der Waals surface area contributed by atoms with Crippen LogP contribution < -0.4 is 10.6 Å². The lowest BCUT2D eigenvalue weighted by molar-refractivity contribution is 0.378. The minimum Gasteiger partial charge on any atom is -0.371 e. The Balaban J connectivity index is 2.03. The first-order chi connectivity index (χ1) is 9.11. The molecule has 0 bridgehead atoms. The molecule has 19 heavy (non-hydrogen) atoms. The molecule has 0 spiro atoms. The Morgan fingerprint density at radius 1 is 1.37 bits per heavy atom. The number of benzene rings is 1. The average Bonchev–Trinajstić information content (AvgIpc) is 2.40. The fourth-order valence-corrected chi connectivity index (χ4v) is 3.58. The normalized spacial score (nSPS) is 18.6. The number of nitrogens with zero attached hydrogens (tertiary/aromatic N) is 1. The standard InChI is InChI=1S/C16H25BrN2/c1-3-4-13-7-9-19(10-8-13)16-6-5-14(12(2)18)11-15(16)17/h5-6,11-13H,3-4,7-10,18H2,1-2H3/t12-/m0/s1. The topological polar surface area (TPSA) is 29.3 Å². The first-order valence-corrected chi connectivity index (χ1v) is 8.21. The molecule has 1 aromatic rings. The first kappa shape index (κ1) is 14.9. The van der Waals surface area contributed by atoms with Gasteiger partial charge in [-0.05, 0) is 59.3 Å². The fourth-order valence-electron chi connectivity index (χ4n) is 2.93. The van der Waals surface area contributed by atoms with Gasteiger partial charge in [0, 0.05) is 23.6 Å². The maximum Gasteiger partial charge on any atom is 0.0510 e. The summed E-state index contributed by atoms with van der Waals surface area (Å²) in [5.41, 5.74) is 8.44. The van der Waals surface area contributed by atoms with Gasteiger partial charge >= 0.3 is 0 Å². The van der Waals surface area contributed by atoms with Crippen LogP contribution in [0.15, 0.2) is 22.7 Å². The van der Waals surface area contributed by atoms with E-state index in [4.69, 9.17) is 5.73 Å². The van der Waals surface area contributed by atoms with E-state index < -0.39 is 0 Å². The quantitative estimate of drug-likeness (QED) is 0.884. The summed E-state index contributed by atoms with van der Waals surface area (Å²) in [5.74, 6) is 0.934. The minimum atomic E-state index is 0.0978. The minimum absolute atomic E-state index is 0.0978. The molecule has 2 nitrogen and oxygen atoms in total. The van der Waals surface area contributed by atoms with E-state index in [0.29, 0.717) is 0 Å². The summed E-state index contributed by atoms with van der Waals surface area (Å²) in [6.07, 6.45) is 5.36. The van der Waals surface area contributed by atoms with Gasteiger partial charge in [0.1, 0.15) is 0 Å². The van der Waals surface area contributed by atoms with Crippen LogP contribution in [0.5, 0.6) is 0 Å². The lowest BCUT2D eigenvalue weighted by atomic mass is 9.92. The van der Waals surface area contributed by atoms with Crippen molar-refractivity contribution in [3.8, 4) is 0 Å². The van der Waals surface area contributed by atoms with Gasteiger partial charge < -0.3 is 10.6 Å². The molecule has 2 N–H and O–H groups in total. The van der Waals surface area contributed by atoms with E-state index in [2.05, 4.69) is 46.0 Å². The third-order valence-corrected chi connectivity index (χ3v) is 4.78. The molecule has 0 unspecified atom stereocenters. The molecule has 0 aromatic heterocycles. The third-order valence-electron chi connectivity index (χ3n) is 4.15. The van der Waals surface area contributed by atoms with Crippen molar-refractivity contribution < 1.29 is 0 Å². The van der Waals surface area contributed by atoms with Crippen molar-refractivity contribution in [2.75, 3.05) is 18.0 Å². The van der Waals surface area contributed by atoms with Crippen molar-refractivity contribution in [2.45, 2.75) is 45.6 Å². The molecule has 1 aliphatic rings. The predicted octanol–water partition coefficient (Wildman–Crippen LogP) is 4.49. The lowest BCUT2D eigenvalue weighted by Gasteiger charge is -2.34. The van der Waals surface area contributed by atoms with Crippen LogP contribution in [0.4, 0.5) is 5.69 Å². The van der Waals surface area contributed by atoms with Crippen molar-refractivity contribution >= 4 is 21.6 Å². The zero-order chi connectivity index (χ0) is 13.8. The van der Waals surface area contributed by atoms with Crippen LogP contribution >= 0.6 is 15.9 Å². The second-order valence-electron chi connectivity index (χ2n) is 5.72. The van der Waals surface area contributed by atoms with Gasteiger partial charge in [-0.1, -0.05) is 25.8 Å². The summed E-state index contributed by atoms with van der Waals surface area (Å²) in [7, 11) is 0. The Labute approximate surface area is 125 Å². The van der Waals surface area contributed by atoms with Crippen LogP contribution in [0.25, 0.3) is 0 Å². The number of halogens is 1. The molecule has 1 atom stereocenters. The maximum atomic E-state index is 5.93. The Morgan fingerprint density at radius 3 is 2.58 bits per heavy atom. The summed E-state index contributed by atoms with van der Waals surface area (Å²) in [6, 6.07) is 6.63. The van der Waals surface area contributed by atoms with Crippen molar-refractivity contribution in [1.82, 2.24) is 0 Å². The van der Waals surface area contributed by atoms with E-state index in [1.807, 2.05) is 6.92 Å². The molecule has 0 radical (unpaired) electrons. The Morgan fingerprint density at radius 2 is 2.05 bits per heavy atom. The number of anilines is 1. The largest absolute Gasteiger partial charge is 0.371 e. The zero-order valence-electron chi connectivity index (χ0n) is 12.0. The highest BCUT2D eigenvalue weighted by Crippen LogP contribution is 2.32. The van der Waals surface area contributed by atoms with E-state index in [1.165, 1.54) is 54.5 Å². The van der Waals surface area contributed by atoms with E-state index in [9.17, 15) is 0 Å². The molecule has 0 saturated carbocycles. The zero-order valence-corrected chi connectivity index (χ0v) is 13.6. The summed E-state index contributed by atoms with van der Waals surface area (Å²) in [5, 5.41) is 0. The van der Waals surface area contributed by atoms with Gasteiger partial charge in [-0.25, -0.2) is 0 Å². The van der Waals surface area contributed by atoms with Gasteiger partial charge in [-0.15, -0.1) is 0 Å². The van der Waals surface area contributed by atoms with Crippen LogP contribution in [-0.4, -0.2) is 13.1 Å². The summed E-state index contributed by atoms with van der Waals surface area (Å²) < 4.78 is 1.18. The fraction of sp³-hybridized carbons (Fsp3) is 0.625. The molecule has 0 amide bonds. The highest BCUT2D eigenvalue weighted by atomic mass is 79.9. The van der Waals surface area contributed by atoms with Crippen molar-refractivity contribution in [1.29, 1.82) is 0 Å². The van der Waals surface area contributed by atoms with Gasteiger partial charge in [0.15, 0.2) is 0 Å². The Bertz CT molecular complexity index is 409. The van der Waals surface area contributed by atoms with Crippen molar-refractivity contribution in [3.63, 3.8) is 0 Å².